The number of rotatable bonds is 9. The summed E-state index contributed by atoms with van der Waals surface area (Å²) in [7, 11) is 0. The molecule has 1 fully saturated rings. The molecule has 1 aliphatic rings. The summed E-state index contributed by atoms with van der Waals surface area (Å²) in [4.78, 5) is 36.5. The van der Waals surface area contributed by atoms with Crippen molar-refractivity contribution >= 4 is 46.1 Å². The predicted octanol–water partition coefficient (Wildman–Crippen LogP) is 1.78. The number of carboxylic acid groups (broad SMARTS) is 1. The largest absolute Gasteiger partial charge is 0.483 e. The fourth-order valence-corrected chi connectivity index (χ4v) is 4.37. The van der Waals surface area contributed by atoms with E-state index in [2.05, 4.69) is 25.6 Å². The highest BCUT2D eigenvalue weighted by molar-refractivity contribution is 6.30. The third-order valence-electron chi connectivity index (χ3n) is 6.08. The Morgan fingerprint density at radius 2 is 1.95 bits per heavy atom. The monoisotopic (exact) mass is 553 g/mol. The minimum Gasteiger partial charge on any atom is -0.483 e. The lowest BCUT2D eigenvalue weighted by molar-refractivity contribution is -0.152. The fraction of sp³-hybridized carbons (Fsp3) is 0.240. The number of hydrogen-bond acceptors (Lipinski definition) is 10. The van der Waals surface area contributed by atoms with E-state index in [1.54, 1.807) is 30.3 Å². The lowest BCUT2D eigenvalue weighted by Crippen LogP contribution is -2.43. The van der Waals surface area contributed by atoms with Gasteiger partial charge >= 0.3 is 5.97 Å². The van der Waals surface area contributed by atoms with Crippen molar-refractivity contribution in [1.82, 2.24) is 19.5 Å². The number of aliphatic hydroxyl groups excluding tert-OH is 1. The van der Waals surface area contributed by atoms with Crippen molar-refractivity contribution < 1.29 is 29.3 Å². The molecule has 0 bridgehead atoms. The lowest BCUT2D eigenvalue weighted by Gasteiger charge is -2.16. The van der Waals surface area contributed by atoms with Crippen LogP contribution in [0.2, 0.25) is 5.02 Å². The first-order chi connectivity index (χ1) is 18.8. The minimum absolute atomic E-state index is 0.212. The van der Waals surface area contributed by atoms with Crippen molar-refractivity contribution in [3.8, 4) is 5.75 Å². The van der Waals surface area contributed by atoms with Crippen LogP contribution in [-0.4, -0.2) is 66.5 Å². The highest BCUT2D eigenvalue weighted by Gasteiger charge is 2.46. The van der Waals surface area contributed by atoms with Gasteiger partial charge in [-0.25, -0.2) is 19.7 Å². The van der Waals surface area contributed by atoms with Crippen LogP contribution in [0, 0.1) is 0 Å². The van der Waals surface area contributed by atoms with E-state index in [1.165, 1.54) is 17.2 Å². The van der Waals surface area contributed by atoms with Gasteiger partial charge in [0.25, 0.3) is 5.91 Å². The quantitative estimate of drug-likeness (QED) is 0.203. The van der Waals surface area contributed by atoms with Crippen molar-refractivity contribution in [3.63, 3.8) is 0 Å². The first kappa shape index (κ1) is 26.3. The van der Waals surface area contributed by atoms with E-state index in [1.807, 2.05) is 18.2 Å². The molecule has 39 heavy (non-hydrogen) atoms. The molecule has 5 rings (SSSR count). The molecule has 1 amide bonds. The number of aliphatic carboxylic acids is 1. The van der Waals surface area contributed by atoms with Gasteiger partial charge in [0.2, 0.25) is 0 Å². The SMILES string of the molecule is NC1C(C(=O)O)OC(n2cnc3c(NCc4cc(Cl)ccc4OCC(=O)Nc4ccccc4)ncnc32)C1O. The normalized spacial score (nSPS) is 20.6. The Kier molecular flexibility index (Phi) is 7.56. The van der Waals surface area contributed by atoms with Crippen LogP contribution in [-0.2, 0) is 20.9 Å². The van der Waals surface area contributed by atoms with Gasteiger partial charge in [-0.2, -0.15) is 0 Å². The minimum atomic E-state index is -1.38. The van der Waals surface area contributed by atoms with Crippen LogP contribution >= 0.6 is 11.6 Å². The predicted molar refractivity (Wildman–Crippen MR) is 140 cm³/mol. The van der Waals surface area contributed by atoms with Gasteiger partial charge in [0.1, 0.15) is 18.2 Å². The molecule has 0 radical (unpaired) electrons. The fourth-order valence-electron chi connectivity index (χ4n) is 4.18. The number of carboxylic acids is 1. The summed E-state index contributed by atoms with van der Waals surface area (Å²) in [6.45, 7) is -0.00143. The van der Waals surface area contributed by atoms with Crippen molar-refractivity contribution in [2.24, 2.45) is 5.73 Å². The maximum atomic E-state index is 12.3. The molecule has 202 valence electrons. The number of nitrogens with zero attached hydrogens (tertiary/aromatic N) is 4. The number of carbonyl (C=O) groups is 2. The molecule has 0 spiro atoms. The van der Waals surface area contributed by atoms with Gasteiger partial charge in [-0.15, -0.1) is 0 Å². The topological polar surface area (TPSA) is 187 Å². The van der Waals surface area contributed by atoms with Crippen molar-refractivity contribution in [2.75, 3.05) is 17.2 Å². The first-order valence-corrected chi connectivity index (χ1v) is 12.2. The summed E-state index contributed by atoms with van der Waals surface area (Å²) >= 11 is 6.21. The van der Waals surface area contributed by atoms with Gasteiger partial charge in [0, 0.05) is 22.8 Å². The van der Waals surface area contributed by atoms with Crippen LogP contribution in [0.1, 0.15) is 11.8 Å². The molecule has 2 aromatic carbocycles. The molecule has 0 aliphatic carbocycles. The Morgan fingerprint density at radius 1 is 1.15 bits per heavy atom. The zero-order chi connectivity index (χ0) is 27.5. The number of para-hydroxylation sites is 1. The summed E-state index contributed by atoms with van der Waals surface area (Å²) in [5.41, 5.74) is 7.80. The molecule has 4 atom stereocenters. The van der Waals surface area contributed by atoms with Crippen LogP contribution < -0.4 is 21.1 Å². The second kappa shape index (κ2) is 11.2. The number of aliphatic hydroxyl groups is 1. The Balaban J connectivity index is 1.30. The number of imidazole rings is 1. The molecule has 4 aromatic rings. The summed E-state index contributed by atoms with van der Waals surface area (Å²) < 4.78 is 12.7. The van der Waals surface area contributed by atoms with Crippen molar-refractivity contribution in [2.45, 2.75) is 31.0 Å². The third kappa shape index (κ3) is 5.61. The average Bonchev–Trinajstić information content (AvgIpc) is 3.48. The average molecular weight is 554 g/mol. The second-order valence-electron chi connectivity index (χ2n) is 8.71. The van der Waals surface area contributed by atoms with Gasteiger partial charge in [-0.1, -0.05) is 29.8 Å². The number of anilines is 2. The standard InChI is InChI=1S/C25H24ClN7O6/c26-14-6-7-16(38-10-17(34)32-15-4-2-1-3-5-15)13(8-14)9-28-22-19-23(30-11-29-22)33(12-31-19)24-20(35)18(27)21(39-24)25(36)37/h1-8,11-12,18,20-21,24,35H,9-10,27H2,(H,32,34)(H,36,37)(H,28,29,30). The molecular formula is C25H24ClN7O6. The molecule has 6 N–H and O–H groups in total. The van der Waals surface area contributed by atoms with Crippen molar-refractivity contribution in [1.29, 1.82) is 0 Å². The van der Waals surface area contributed by atoms with E-state index < -0.39 is 30.4 Å². The van der Waals surface area contributed by atoms with E-state index in [0.717, 1.165) is 0 Å². The van der Waals surface area contributed by atoms with E-state index >= 15 is 0 Å². The zero-order valence-corrected chi connectivity index (χ0v) is 21.0. The number of ether oxygens (including phenoxy) is 2. The Morgan fingerprint density at radius 3 is 2.69 bits per heavy atom. The smallest absolute Gasteiger partial charge is 0.334 e. The van der Waals surface area contributed by atoms with Crippen molar-refractivity contribution in [3.05, 3.63) is 71.8 Å². The maximum Gasteiger partial charge on any atom is 0.334 e. The van der Waals surface area contributed by atoms with Gasteiger partial charge < -0.3 is 36.1 Å². The van der Waals surface area contributed by atoms with Crippen LogP contribution in [0.4, 0.5) is 11.5 Å². The molecule has 13 nitrogen and oxygen atoms in total. The van der Waals surface area contributed by atoms with E-state index in [0.29, 0.717) is 39.0 Å². The Bertz CT molecular complexity index is 1500. The number of hydrogen-bond donors (Lipinski definition) is 5. The molecule has 1 aliphatic heterocycles. The van der Waals surface area contributed by atoms with Crippen LogP contribution in [0.5, 0.6) is 5.75 Å². The number of carbonyl (C=O) groups excluding carboxylic acids is 1. The van der Waals surface area contributed by atoms with Crippen LogP contribution in [0.3, 0.4) is 0 Å². The van der Waals surface area contributed by atoms with E-state index in [9.17, 15) is 19.8 Å². The number of aromatic nitrogens is 4. The molecule has 2 aromatic heterocycles. The zero-order valence-electron chi connectivity index (χ0n) is 20.3. The summed E-state index contributed by atoms with van der Waals surface area (Å²) in [5, 5.41) is 26.2. The number of benzene rings is 2. The van der Waals surface area contributed by atoms with Crippen LogP contribution in [0.25, 0.3) is 11.2 Å². The molecule has 14 heteroatoms. The molecule has 1 saturated heterocycles. The highest BCUT2D eigenvalue weighted by atomic mass is 35.5. The van der Waals surface area contributed by atoms with E-state index in [4.69, 9.17) is 26.8 Å². The summed E-state index contributed by atoms with van der Waals surface area (Å²) in [6, 6.07) is 12.9. The number of nitrogens with two attached hydrogens (primary N) is 1. The van der Waals surface area contributed by atoms with Gasteiger partial charge in [-0.3, -0.25) is 9.36 Å². The molecule has 4 unspecified atom stereocenters. The Hall–Kier alpha value is -4.30. The van der Waals surface area contributed by atoms with Gasteiger partial charge in [0.05, 0.1) is 12.4 Å². The maximum absolute atomic E-state index is 12.3. The molecular weight excluding hydrogens is 530 g/mol. The number of nitrogens with one attached hydrogen (secondary N) is 2. The first-order valence-electron chi connectivity index (χ1n) is 11.8. The number of halogens is 1. The lowest BCUT2D eigenvalue weighted by atomic mass is 10.1. The third-order valence-corrected chi connectivity index (χ3v) is 6.32. The summed E-state index contributed by atoms with van der Waals surface area (Å²) in [6.07, 6.45) is -1.10. The number of fused-ring (bicyclic) bond motifs is 1. The number of amides is 1. The Labute approximate surface area is 226 Å². The summed E-state index contributed by atoms with van der Waals surface area (Å²) in [5.74, 6) is -0.790. The van der Waals surface area contributed by atoms with Gasteiger partial charge in [0.15, 0.2) is 35.9 Å². The van der Waals surface area contributed by atoms with Gasteiger partial charge in [-0.05, 0) is 30.3 Å². The highest BCUT2D eigenvalue weighted by Crippen LogP contribution is 2.32. The van der Waals surface area contributed by atoms with Crippen LogP contribution in [0.15, 0.2) is 61.2 Å². The van der Waals surface area contributed by atoms with E-state index in [-0.39, 0.29) is 19.1 Å². The second-order valence-corrected chi connectivity index (χ2v) is 9.14. The molecule has 0 saturated carbocycles. The molecule has 3 heterocycles.